The van der Waals surface area contributed by atoms with Crippen LogP contribution < -0.4 is 10.6 Å². The molecule has 0 aromatic rings. The Kier molecular flexibility index (Phi) is 8.01. The first kappa shape index (κ1) is 15.4. The Labute approximate surface area is 111 Å². The van der Waals surface area contributed by atoms with Crippen molar-refractivity contribution in [2.45, 2.75) is 52.1 Å². The molecule has 1 aliphatic rings. The Morgan fingerprint density at radius 1 is 1.56 bits per heavy atom. The molecule has 1 amide bonds. The lowest BCUT2D eigenvalue weighted by atomic mass is 9.97. The van der Waals surface area contributed by atoms with Crippen LogP contribution in [0.25, 0.3) is 0 Å². The van der Waals surface area contributed by atoms with E-state index in [9.17, 15) is 4.79 Å². The molecular formula is C14H28N2O2. The first-order valence-corrected chi connectivity index (χ1v) is 7.34. The zero-order valence-corrected chi connectivity index (χ0v) is 11.8. The molecular weight excluding hydrogens is 228 g/mol. The van der Waals surface area contributed by atoms with Crippen molar-refractivity contribution in [3.63, 3.8) is 0 Å². The van der Waals surface area contributed by atoms with E-state index in [0.717, 1.165) is 38.9 Å². The van der Waals surface area contributed by atoms with Crippen LogP contribution in [-0.2, 0) is 9.53 Å². The van der Waals surface area contributed by atoms with Crippen LogP contribution >= 0.6 is 0 Å². The number of piperidine rings is 1. The van der Waals surface area contributed by atoms with Crippen LogP contribution in [-0.4, -0.2) is 38.3 Å². The van der Waals surface area contributed by atoms with Gasteiger partial charge in [-0.15, -0.1) is 0 Å². The molecule has 2 unspecified atom stereocenters. The zero-order valence-electron chi connectivity index (χ0n) is 11.8. The third-order valence-electron chi connectivity index (χ3n) is 3.49. The van der Waals surface area contributed by atoms with Crippen LogP contribution in [0.2, 0.25) is 0 Å². The predicted octanol–water partition coefficient (Wildman–Crippen LogP) is 1.70. The Balaban J connectivity index is 2.04. The van der Waals surface area contributed by atoms with Crippen molar-refractivity contribution in [2.75, 3.05) is 26.2 Å². The number of hydrogen-bond acceptors (Lipinski definition) is 3. The molecule has 0 aromatic carbocycles. The smallest absolute Gasteiger partial charge is 0.248 e. The molecule has 0 aromatic heterocycles. The lowest BCUT2D eigenvalue weighted by molar-refractivity contribution is -0.131. The van der Waals surface area contributed by atoms with Crippen molar-refractivity contribution >= 4 is 5.91 Å². The maximum atomic E-state index is 11.7. The lowest BCUT2D eigenvalue weighted by Crippen LogP contribution is -2.36. The van der Waals surface area contributed by atoms with E-state index >= 15 is 0 Å². The van der Waals surface area contributed by atoms with E-state index in [1.165, 1.54) is 12.8 Å². The second kappa shape index (κ2) is 9.34. The molecule has 106 valence electrons. The number of nitrogens with one attached hydrogen (secondary N) is 2. The topological polar surface area (TPSA) is 50.4 Å². The van der Waals surface area contributed by atoms with Crippen molar-refractivity contribution in [1.29, 1.82) is 0 Å². The summed E-state index contributed by atoms with van der Waals surface area (Å²) >= 11 is 0. The number of carbonyl (C=O) groups is 1. The fourth-order valence-corrected chi connectivity index (χ4v) is 2.19. The molecule has 1 fully saturated rings. The van der Waals surface area contributed by atoms with Gasteiger partial charge in [-0.25, -0.2) is 0 Å². The molecule has 0 bridgehead atoms. The molecule has 0 radical (unpaired) electrons. The summed E-state index contributed by atoms with van der Waals surface area (Å²) in [5, 5.41) is 6.29. The summed E-state index contributed by atoms with van der Waals surface area (Å²) in [5.41, 5.74) is 0. The minimum atomic E-state index is -0.321. The predicted molar refractivity (Wildman–Crippen MR) is 73.5 cm³/mol. The van der Waals surface area contributed by atoms with Gasteiger partial charge in [-0.05, 0) is 51.6 Å². The molecule has 1 aliphatic heterocycles. The third-order valence-corrected chi connectivity index (χ3v) is 3.49. The van der Waals surface area contributed by atoms with Gasteiger partial charge >= 0.3 is 0 Å². The minimum Gasteiger partial charge on any atom is -0.369 e. The number of amides is 1. The molecule has 2 atom stereocenters. The molecule has 4 heteroatoms. The van der Waals surface area contributed by atoms with Gasteiger partial charge in [0.2, 0.25) is 5.91 Å². The second-order valence-electron chi connectivity index (χ2n) is 5.16. The van der Waals surface area contributed by atoms with E-state index in [-0.39, 0.29) is 12.0 Å². The maximum Gasteiger partial charge on any atom is 0.248 e. The minimum absolute atomic E-state index is 0.0187. The number of hydrogen-bond donors (Lipinski definition) is 2. The van der Waals surface area contributed by atoms with Crippen molar-refractivity contribution < 1.29 is 9.53 Å². The van der Waals surface area contributed by atoms with Gasteiger partial charge in [-0.1, -0.05) is 13.3 Å². The van der Waals surface area contributed by atoms with Gasteiger partial charge in [-0.3, -0.25) is 4.79 Å². The van der Waals surface area contributed by atoms with E-state index in [4.69, 9.17) is 4.74 Å². The normalized spacial score (nSPS) is 21.6. The van der Waals surface area contributed by atoms with Crippen LogP contribution in [0.15, 0.2) is 0 Å². The van der Waals surface area contributed by atoms with Crippen LogP contribution in [0.3, 0.4) is 0 Å². The molecule has 0 saturated carbocycles. The second-order valence-corrected chi connectivity index (χ2v) is 5.16. The Bertz CT molecular complexity index is 228. The fourth-order valence-electron chi connectivity index (χ4n) is 2.19. The summed E-state index contributed by atoms with van der Waals surface area (Å²) in [7, 11) is 0. The van der Waals surface area contributed by atoms with E-state index in [2.05, 4.69) is 17.6 Å². The van der Waals surface area contributed by atoms with Crippen molar-refractivity contribution in [3.05, 3.63) is 0 Å². The molecule has 1 rings (SSSR count). The highest BCUT2D eigenvalue weighted by Crippen LogP contribution is 2.14. The van der Waals surface area contributed by atoms with Crippen LogP contribution in [0, 0.1) is 5.92 Å². The summed E-state index contributed by atoms with van der Waals surface area (Å²) in [6.45, 7) is 7.64. The summed E-state index contributed by atoms with van der Waals surface area (Å²) in [4.78, 5) is 11.7. The van der Waals surface area contributed by atoms with E-state index in [1.807, 2.05) is 6.92 Å². The molecule has 0 spiro atoms. The van der Waals surface area contributed by atoms with Crippen molar-refractivity contribution in [3.8, 4) is 0 Å². The Morgan fingerprint density at radius 2 is 2.39 bits per heavy atom. The summed E-state index contributed by atoms with van der Waals surface area (Å²) in [6.07, 6.45) is 5.42. The first-order chi connectivity index (χ1) is 8.74. The number of carbonyl (C=O) groups excluding carboxylic acids is 1. The van der Waals surface area contributed by atoms with Crippen LogP contribution in [0.4, 0.5) is 0 Å². The van der Waals surface area contributed by atoms with Crippen LogP contribution in [0.1, 0.15) is 46.0 Å². The first-order valence-electron chi connectivity index (χ1n) is 7.34. The fraction of sp³-hybridized carbons (Fsp3) is 0.929. The van der Waals surface area contributed by atoms with Gasteiger partial charge < -0.3 is 15.4 Å². The molecule has 18 heavy (non-hydrogen) atoms. The molecule has 4 nitrogen and oxygen atoms in total. The Morgan fingerprint density at radius 3 is 3.06 bits per heavy atom. The Hall–Kier alpha value is -0.610. The SMILES string of the molecule is CCCCNC(=O)C(C)OCCC1CCCNC1. The highest BCUT2D eigenvalue weighted by atomic mass is 16.5. The van der Waals surface area contributed by atoms with E-state index < -0.39 is 0 Å². The lowest BCUT2D eigenvalue weighted by Gasteiger charge is -2.23. The van der Waals surface area contributed by atoms with Crippen molar-refractivity contribution in [1.82, 2.24) is 10.6 Å². The largest absolute Gasteiger partial charge is 0.369 e. The molecule has 0 aliphatic carbocycles. The van der Waals surface area contributed by atoms with Crippen LogP contribution in [0.5, 0.6) is 0 Å². The highest BCUT2D eigenvalue weighted by Gasteiger charge is 2.15. The zero-order chi connectivity index (χ0) is 13.2. The van der Waals surface area contributed by atoms with Gasteiger partial charge in [-0.2, -0.15) is 0 Å². The average molecular weight is 256 g/mol. The highest BCUT2D eigenvalue weighted by molar-refractivity contribution is 5.80. The summed E-state index contributed by atoms with van der Waals surface area (Å²) in [6, 6.07) is 0. The maximum absolute atomic E-state index is 11.7. The van der Waals surface area contributed by atoms with Gasteiger partial charge in [0.25, 0.3) is 0 Å². The average Bonchev–Trinajstić information content (AvgIpc) is 2.40. The monoisotopic (exact) mass is 256 g/mol. The molecule has 2 N–H and O–H groups in total. The quantitative estimate of drug-likeness (QED) is 0.650. The molecule has 1 heterocycles. The number of unbranched alkanes of at least 4 members (excludes halogenated alkanes) is 1. The van der Waals surface area contributed by atoms with Gasteiger partial charge in [0, 0.05) is 13.2 Å². The van der Waals surface area contributed by atoms with E-state index in [1.54, 1.807) is 0 Å². The summed E-state index contributed by atoms with van der Waals surface area (Å²) < 4.78 is 5.60. The van der Waals surface area contributed by atoms with E-state index in [0.29, 0.717) is 12.5 Å². The third kappa shape index (κ3) is 6.36. The number of rotatable bonds is 8. The van der Waals surface area contributed by atoms with Gasteiger partial charge in [0.05, 0.1) is 0 Å². The van der Waals surface area contributed by atoms with Crippen molar-refractivity contribution in [2.24, 2.45) is 5.92 Å². The van der Waals surface area contributed by atoms with Gasteiger partial charge in [0.15, 0.2) is 0 Å². The summed E-state index contributed by atoms with van der Waals surface area (Å²) in [5.74, 6) is 0.735. The van der Waals surface area contributed by atoms with Gasteiger partial charge in [0.1, 0.15) is 6.10 Å². The standard InChI is InChI=1S/C14H28N2O2/c1-3-4-9-16-14(17)12(2)18-10-7-13-6-5-8-15-11-13/h12-13,15H,3-11H2,1-2H3,(H,16,17). The molecule has 1 saturated heterocycles. The number of ether oxygens (including phenoxy) is 1.